The fourth-order valence-corrected chi connectivity index (χ4v) is 1.67. The van der Waals surface area contributed by atoms with Gasteiger partial charge in [-0.25, -0.2) is 0 Å². The van der Waals surface area contributed by atoms with Gasteiger partial charge in [-0.3, -0.25) is 0 Å². The predicted molar refractivity (Wildman–Crippen MR) is 46.2 cm³/mol. The van der Waals surface area contributed by atoms with Gasteiger partial charge in [0, 0.05) is 11.7 Å². The average molecular weight is 148 g/mol. The highest BCUT2D eigenvalue weighted by atomic mass is 14.6. The van der Waals surface area contributed by atoms with Gasteiger partial charge in [-0.2, -0.15) is 0 Å². The van der Waals surface area contributed by atoms with Crippen molar-refractivity contribution in [2.75, 3.05) is 5.73 Å². The molecule has 1 aliphatic carbocycles. The SMILES string of the molecule is Nc1ccc2c(c1)C[C@H](N)C2. The number of nitrogens with two attached hydrogens (primary N) is 2. The topological polar surface area (TPSA) is 52.0 Å². The minimum absolute atomic E-state index is 0.312. The number of rotatable bonds is 0. The summed E-state index contributed by atoms with van der Waals surface area (Å²) < 4.78 is 0. The Morgan fingerprint density at radius 1 is 1.18 bits per heavy atom. The maximum absolute atomic E-state index is 5.79. The van der Waals surface area contributed by atoms with E-state index in [1.165, 1.54) is 11.1 Å². The third-order valence-electron chi connectivity index (χ3n) is 2.19. The number of hydrogen-bond donors (Lipinski definition) is 2. The highest BCUT2D eigenvalue weighted by Gasteiger charge is 2.17. The van der Waals surface area contributed by atoms with E-state index in [1.807, 2.05) is 12.1 Å². The molecule has 0 aromatic heterocycles. The second-order valence-corrected chi connectivity index (χ2v) is 3.20. The molecule has 0 spiro atoms. The third kappa shape index (κ3) is 1.10. The van der Waals surface area contributed by atoms with Crippen molar-refractivity contribution in [3.63, 3.8) is 0 Å². The van der Waals surface area contributed by atoms with Crippen molar-refractivity contribution in [2.24, 2.45) is 5.73 Å². The van der Waals surface area contributed by atoms with E-state index in [0.717, 1.165) is 18.5 Å². The highest BCUT2D eigenvalue weighted by Crippen LogP contribution is 2.22. The molecule has 58 valence electrons. The molecule has 0 heterocycles. The average Bonchev–Trinajstić information content (AvgIpc) is 2.27. The Bertz CT molecular complexity index is 281. The molecule has 0 bridgehead atoms. The van der Waals surface area contributed by atoms with E-state index in [9.17, 15) is 0 Å². The van der Waals surface area contributed by atoms with Gasteiger partial charge in [-0.15, -0.1) is 0 Å². The first-order chi connectivity index (χ1) is 5.25. The number of benzene rings is 1. The van der Waals surface area contributed by atoms with Gasteiger partial charge in [-0.1, -0.05) is 6.07 Å². The lowest BCUT2D eigenvalue weighted by Gasteiger charge is -1.97. The Kier molecular flexibility index (Phi) is 1.36. The molecule has 2 rings (SSSR count). The van der Waals surface area contributed by atoms with Crippen LogP contribution in [0.1, 0.15) is 11.1 Å². The molecule has 1 aromatic rings. The molecule has 0 saturated heterocycles. The Labute approximate surface area is 66.2 Å². The molecule has 4 N–H and O–H groups in total. The van der Waals surface area contributed by atoms with Crippen molar-refractivity contribution >= 4 is 5.69 Å². The largest absolute Gasteiger partial charge is 0.399 e. The van der Waals surface area contributed by atoms with E-state index in [-0.39, 0.29) is 0 Å². The molecule has 1 aliphatic rings. The van der Waals surface area contributed by atoms with Crippen LogP contribution in [0.5, 0.6) is 0 Å². The zero-order chi connectivity index (χ0) is 7.84. The lowest BCUT2D eigenvalue weighted by atomic mass is 10.1. The van der Waals surface area contributed by atoms with E-state index < -0.39 is 0 Å². The maximum atomic E-state index is 5.79. The number of fused-ring (bicyclic) bond motifs is 1. The summed E-state index contributed by atoms with van der Waals surface area (Å²) in [7, 11) is 0. The molecule has 2 nitrogen and oxygen atoms in total. The second-order valence-electron chi connectivity index (χ2n) is 3.20. The van der Waals surface area contributed by atoms with Crippen molar-refractivity contribution < 1.29 is 0 Å². The van der Waals surface area contributed by atoms with Gasteiger partial charge in [0.1, 0.15) is 0 Å². The van der Waals surface area contributed by atoms with Gasteiger partial charge >= 0.3 is 0 Å². The third-order valence-corrected chi connectivity index (χ3v) is 2.19. The minimum Gasteiger partial charge on any atom is -0.399 e. The van der Waals surface area contributed by atoms with Gasteiger partial charge in [-0.05, 0) is 36.1 Å². The molecular formula is C9H12N2. The molecule has 0 aliphatic heterocycles. The summed E-state index contributed by atoms with van der Waals surface area (Å²) in [5, 5.41) is 0. The van der Waals surface area contributed by atoms with Crippen LogP contribution in [0.25, 0.3) is 0 Å². The van der Waals surface area contributed by atoms with Crippen LogP contribution in [0.3, 0.4) is 0 Å². The number of nitrogen functional groups attached to an aromatic ring is 1. The fraction of sp³-hybridized carbons (Fsp3) is 0.333. The first-order valence-corrected chi connectivity index (χ1v) is 3.88. The normalized spacial score (nSPS) is 21.7. The molecule has 11 heavy (non-hydrogen) atoms. The second kappa shape index (κ2) is 2.24. The van der Waals surface area contributed by atoms with E-state index >= 15 is 0 Å². The van der Waals surface area contributed by atoms with Crippen LogP contribution in [0.4, 0.5) is 5.69 Å². The standard InChI is InChI=1S/C9H12N2/c10-8-2-1-6-3-9(11)5-7(6)4-8/h1-2,4,9H,3,5,10-11H2/t9-/m1/s1. The van der Waals surface area contributed by atoms with Gasteiger partial charge in [0.25, 0.3) is 0 Å². The summed E-state index contributed by atoms with van der Waals surface area (Å²) in [4.78, 5) is 0. The van der Waals surface area contributed by atoms with Crippen LogP contribution in [0.2, 0.25) is 0 Å². The maximum Gasteiger partial charge on any atom is 0.0316 e. The van der Waals surface area contributed by atoms with Crippen LogP contribution in [-0.4, -0.2) is 6.04 Å². The van der Waals surface area contributed by atoms with E-state index in [0.29, 0.717) is 6.04 Å². The minimum atomic E-state index is 0.312. The quantitative estimate of drug-likeness (QED) is 0.532. The zero-order valence-electron chi connectivity index (χ0n) is 6.38. The van der Waals surface area contributed by atoms with Crippen LogP contribution in [-0.2, 0) is 12.8 Å². The summed E-state index contributed by atoms with van der Waals surface area (Å²) in [5.74, 6) is 0. The monoisotopic (exact) mass is 148 g/mol. The Morgan fingerprint density at radius 2 is 1.91 bits per heavy atom. The molecule has 1 aromatic carbocycles. The Balaban J connectivity index is 2.43. The van der Waals surface area contributed by atoms with Crippen LogP contribution in [0, 0.1) is 0 Å². The lowest BCUT2D eigenvalue weighted by Crippen LogP contribution is -2.18. The molecule has 0 radical (unpaired) electrons. The first kappa shape index (κ1) is 6.68. The predicted octanol–water partition coefficient (Wildman–Crippen LogP) is 0.695. The zero-order valence-corrected chi connectivity index (χ0v) is 6.38. The number of hydrogen-bond acceptors (Lipinski definition) is 2. The van der Waals surface area contributed by atoms with Gasteiger partial charge in [0.2, 0.25) is 0 Å². The summed E-state index contributed by atoms with van der Waals surface area (Å²) in [6.45, 7) is 0. The van der Waals surface area contributed by atoms with Crippen molar-refractivity contribution in [1.82, 2.24) is 0 Å². The summed E-state index contributed by atoms with van der Waals surface area (Å²) in [6.07, 6.45) is 2.00. The smallest absolute Gasteiger partial charge is 0.0316 e. The Morgan fingerprint density at radius 3 is 2.73 bits per heavy atom. The molecule has 0 saturated carbocycles. The van der Waals surface area contributed by atoms with E-state index in [4.69, 9.17) is 11.5 Å². The molecule has 2 heteroatoms. The van der Waals surface area contributed by atoms with Crippen molar-refractivity contribution in [2.45, 2.75) is 18.9 Å². The molecular weight excluding hydrogens is 136 g/mol. The number of anilines is 1. The lowest BCUT2D eigenvalue weighted by molar-refractivity contribution is 0.721. The highest BCUT2D eigenvalue weighted by molar-refractivity contribution is 5.47. The summed E-state index contributed by atoms with van der Waals surface area (Å²) >= 11 is 0. The fourth-order valence-electron chi connectivity index (χ4n) is 1.67. The van der Waals surface area contributed by atoms with Crippen molar-refractivity contribution in [3.8, 4) is 0 Å². The van der Waals surface area contributed by atoms with Gasteiger partial charge < -0.3 is 11.5 Å². The van der Waals surface area contributed by atoms with E-state index in [2.05, 4.69) is 6.07 Å². The van der Waals surface area contributed by atoms with Crippen LogP contribution >= 0.6 is 0 Å². The van der Waals surface area contributed by atoms with Crippen LogP contribution in [0.15, 0.2) is 18.2 Å². The molecule has 1 atom stereocenters. The molecule has 0 fully saturated rings. The van der Waals surface area contributed by atoms with Crippen LogP contribution < -0.4 is 11.5 Å². The van der Waals surface area contributed by atoms with Crippen molar-refractivity contribution in [3.05, 3.63) is 29.3 Å². The Hall–Kier alpha value is -1.02. The van der Waals surface area contributed by atoms with Gasteiger partial charge in [0.05, 0.1) is 0 Å². The van der Waals surface area contributed by atoms with Crippen molar-refractivity contribution in [1.29, 1.82) is 0 Å². The summed E-state index contributed by atoms with van der Waals surface area (Å²) in [6, 6.07) is 6.36. The molecule has 0 unspecified atom stereocenters. The van der Waals surface area contributed by atoms with Gasteiger partial charge in [0.15, 0.2) is 0 Å². The first-order valence-electron chi connectivity index (χ1n) is 3.88. The molecule has 0 amide bonds. The van der Waals surface area contributed by atoms with E-state index in [1.54, 1.807) is 0 Å². The summed E-state index contributed by atoms with van der Waals surface area (Å²) in [5.41, 5.74) is 15.0.